The zero-order valence-electron chi connectivity index (χ0n) is 10.0. The van der Waals surface area contributed by atoms with Gasteiger partial charge in [-0.1, -0.05) is 12.1 Å². The Kier molecular flexibility index (Phi) is 2.17. The molecule has 5 heteroatoms. The van der Waals surface area contributed by atoms with Crippen LogP contribution in [0.15, 0.2) is 28.7 Å². The van der Waals surface area contributed by atoms with Crippen molar-refractivity contribution < 1.29 is 4.42 Å². The predicted octanol–water partition coefficient (Wildman–Crippen LogP) is 2.50. The number of nitrogens with zero attached hydrogens (tertiary/aromatic N) is 4. The highest BCUT2D eigenvalue weighted by Gasteiger charge is 2.16. The van der Waals surface area contributed by atoms with E-state index in [0.717, 1.165) is 11.2 Å². The zero-order valence-corrected chi connectivity index (χ0v) is 10.0. The van der Waals surface area contributed by atoms with E-state index in [4.69, 9.17) is 9.68 Å². The van der Waals surface area contributed by atoms with Gasteiger partial charge in [-0.2, -0.15) is 20.0 Å². The third-order valence-electron chi connectivity index (χ3n) is 2.87. The van der Waals surface area contributed by atoms with Crippen molar-refractivity contribution in [3.63, 3.8) is 0 Å². The number of nitriles is 1. The highest BCUT2D eigenvalue weighted by atomic mass is 16.4. The third-order valence-corrected chi connectivity index (χ3v) is 2.87. The first-order valence-corrected chi connectivity index (χ1v) is 5.53. The molecule has 0 aliphatic carbocycles. The van der Waals surface area contributed by atoms with Gasteiger partial charge < -0.3 is 4.42 Å². The van der Waals surface area contributed by atoms with E-state index in [-0.39, 0.29) is 0 Å². The lowest BCUT2D eigenvalue weighted by atomic mass is 10.2. The van der Waals surface area contributed by atoms with Crippen LogP contribution in [0.1, 0.15) is 17.0 Å². The Bertz CT molecular complexity index is 743. The SMILES string of the molecule is Cc1nn(-c2nc3ccccc3o2)c(C)c1C#N. The van der Waals surface area contributed by atoms with E-state index >= 15 is 0 Å². The van der Waals surface area contributed by atoms with Crippen LogP contribution in [0.3, 0.4) is 0 Å². The maximum Gasteiger partial charge on any atom is 0.324 e. The quantitative estimate of drug-likeness (QED) is 0.653. The summed E-state index contributed by atoms with van der Waals surface area (Å²) in [6, 6.07) is 10.0. The van der Waals surface area contributed by atoms with Crippen molar-refractivity contribution in [3.8, 4) is 12.1 Å². The van der Waals surface area contributed by atoms with Crippen molar-refractivity contribution >= 4 is 11.1 Å². The minimum absolute atomic E-state index is 0.387. The molecule has 5 nitrogen and oxygen atoms in total. The van der Waals surface area contributed by atoms with Crippen molar-refractivity contribution in [2.24, 2.45) is 0 Å². The molecule has 0 unspecified atom stereocenters. The standard InChI is InChI=1S/C13H10N4O/c1-8-10(7-14)9(2)17(16-8)13-15-11-5-3-4-6-12(11)18-13/h3-6H,1-2H3. The van der Waals surface area contributed by atoms with Crippen LogP contribution < -0.4 is 0 Å². The number of fused-ring (bicyclic) bond motifs is 1. The van der Waals surface area contributed by atoms with Gasteiger partial charge in [-0.3, -0.25) is 0 Å². The monoisotopic (exact) mass is 238 g/mol. The molecule has 0 amide bonds. The first kappa shape index (κ1) is 10.5. The zero-order chi connectivity index (χ0) is 12.7. The normalized spacial score (nSPS) is 10.7. The average Bonchev–Trinajstić information content (AvgIpc) is 2.90. The minimum atomic E-state index is 0.387. The van der Waals surface area contributed by atoms with Gasteiger partial charge in [0, 0.05) is 0 Å². The van der Waals surface area contributed by atoms with E-state index in [9.17, 15) is 0 Å². The van der Waals surface area contributed by atoms with Crippen LogP contribution in [0, 0.1) is 25.2 Å². The topological polar surface area (TPSA) is 67.6 Å². The van der Waals surface area contributed by atoms with Crippen molar-refractivity contribution in [1.29, 1.82) is 5.26 Å². The van der Waals surface area contributed by atoms with E-state index in [2.05, 4.69) is 16.2 Å². The smallest absolute Gasteiger partial charge is 0.324 e. The summed E-state index contributed by atoms with van der Waals surface area (Å²) in [4.78, 5) is 4.36. The van der Waals surface area contributed by atoms with E-state index in [0.29, 0.717) is 22.9 Å². The lowest BCUT2D eigenvalue weighted by Crippen LogP contribution is -1.99. The van der Waals surface area contributed by atoms with E-state index in [1.165, 1.54) is 0 Å². The molecule has 0 saturated heterocycles. The van der Waals surface area contributed by atoms with Crippen LogP contribution >= 0.6 is 0 Å². The first-order valence-electron chi connectivity index (χ1n) is 5.53. The summed E-state index contributed by atoms with van der Waals surface area (Å²) >= 11 is 0. The van der Waals surface area contributed by atoms with Gasteiger partial charge in [0.05, 0.1) is 17.0 Å². The average molecular weight is 238 g/mol. The second kappa shape index (κ2) is 3.70. The fourth-order valence-corrected chi connectivity index (χ4v) is 1.94. The molecule has 2 aromatic heterocycles. The van der Waals surface area contributed by atoms with Crippen molar-refractivity contribution in [2.75, 3.05) is 0 Å². The third kappa shape index (κ3) is 1.39. The molecular formula is C13H10N4O. The van der Waals surface area contributed by atoms with Gasteiger partial charge in [0.2, 0.25) is 0 Å². The van der Waals surface area contributed by atoms with E-state index in [1.807, 2.05) is 31.2 Å². The van der Waals surface area contributed by atoms with Crippen LogP contribution in [0.4, 0.5) is 0 Å². The molecule has 18 heavy (non-hydrogen) atoms. The van der Waals surface area contributed by atoms with Gasteiger partial charge in [-0.25, -0.2) is 0 Å². The first-order chi connectivity index (χ1) is 8.70. The second-order valence-corrected chi connectivity index (χ2v) is 4.03. The Morgan fingerprint density at radius 1 is 1.28 bits per heavy atom. The summed E-state index contributed by atoms with van der Waals surface area (Å²) in [5, 5.41) is 13.3. The molecule has 0 radical (unpaired) electrons. The van der Waals surface area contributed by atoms with Gasteiger partial charge >= 0.3 is 6.01 Å². The molecule has 0 fully saturated rings. The number of para-hydroxylation sites is 2. The predicted molar refractivity (Wildman–Crippen MR) is 65.3 cm³/mol. The molecule has 0 aliphatic rings. The second-order valence-electron chi connectivity index (χ2n) is 4.03. The van der Waals surface area contributed by atoms with Gasteiger partial charge in [0.25, 0.3) is 0 Å². The largest absolute Gasteiger partial charge is 0.422 e. The fourth-order valence-electron chi connectivity index (χ4n) is 1.94. The molecule has 0 saturated carbocycles. The molecule has 0 N–H and O–H groups in total. The summed E-state index contributed by atoms with van der Waals surface area (Å²) in [5.74, 6) is 0. The van der Waals surface area contributed by atoms with E-state index in [1.54, 1.807) is 11.6 Å². The van der Waals surface area contributed by atoms with Crippen LogP contribution in [0.2, 0.25) is 0 Å². The molecule has 0 bridgehead atoms. The van der Waals surface area contributed by atoms with E-state index < -0.39 is 0 Å². The molecule has 0 spiro atoms. The highest BCUT2D eigenvalue weighted by molar-refractivity contribution is 5.73. The van der Waals surface area contributed by atoms with Crippen LogP contribution in [-0.2, 0) is 0 Å². The molecule has 0 aliphatic heterocycles. The molecule has 0 atom stereocenters. The summed E-state index contributed by atoms with van der Waals surface area (Å²) < 4.78 is 7.19. The molecule has 1 aromatic carbocycles. The van der Waals surface area contributed by atoms with Crippen molar-refractivity contribution in [2.45, 2.75) is 13.8 Å². The Labute approximate surface area is 103 Å². The number of aromatic nitrogens is 3. The fraction of sp³-hybridized carbons (Fsp3) is 0.154. The number of hydrogen-bond donors (Lipinski definition) is 0. The lowest BCUT2D eigenvalue weighted by Gasteiger charge is -1.95. The van der Waals surface area contributed by atoms with Gasteiger partial charge in [0.15, 0.2) is 5.58 Å². The summed E-state index contributed by atoms with van der Waals surface area (Å²) in [7, 11) is 0. The van der Waals surface area contributed by atoms with Crippen LogP contribution in [0.25, 0.3) is 17.1 Å². The molecule has 3 aromatic rings. The van der Waals surface area contributed by atoms with Crippen molar-refractivity contribution in [1.82, 2.24) is 14.8 Å². The van der Waals surface area contributed by atoms with Crippen LogP contribution in [0.5, 0.6) is 0 Å². The Balaban J connectivity index is 2.24. The minimum Gasteiger partial charge on any atom is -0.422 e. The van der Waals surface area contributed by atoms with Crippen LogP contribution in [-0.4, -0.2) is 14.8 Å². The molecule has 88 valence electrons. The lowest BCUT2D eigenvalue weighted by molar-refractivity contribution is 0.537. The maximum atomic E-state index is 9.04. The number of rotatable bonds is 1. The molecular weight excluding hydrogens is 228 g/mol. The molecule has 2 heterocycles. The number of hydrogen-bond acceptors (Lipinski definition) is 4. The Morgan fingerprint density at radius 3 is 2.72 bits per heavy atom. The van der Waals surface area contributed by atoms with Crippen molar-refractivity contribution in [3.05, 3.63) is 41.2 Å². The number of aryl methyl sites for hydroxylation is 1. The number of benzene rings is 1. The van der Waals surface area contributed by atoms with Gasteiger partial charge in [-0.15, -0.1) is 0 Å². The highest BCUT2D eigenvalue weighted by Crippen LogP contribution is 2.20. The molecule has 3 rings (SSSR count). The maximum absolute atomic E-state index is 9.04. The summed E-state index contributed by atoms with van der Waals surface area (Å²) in [6.07, 6.45) is 0. The Hall–Kier alpha value is -2.61. The summed E-state index contributed by atoms with van der Waals surface area (Å²) in [5.41, 5.74) is 3.47. The van der Waals surface area contributed by atoms with Gasteiger partial charge in [-0.05, 0) is 26.0 Å². The summed E-state index contributed by atoms with van der Waals surface area (Å²) in [6.45, 7) is 3.62. The Morgan fingerprint density at radius 2 is 2.06 bits per heavy atom. The number of oxazole rings is 1. The van der Waals surface area contributed by atoms with Gasteiger partial charge in [0.1, 0.15) is 11.6 Å².